The molecule has 1 saturated heterocycles. The fourth-order valence-electron chi connectivity index (χ4n) is 2.76. The summed E-state index contributed by atoms with van der Waals surface area (Å²) in [5.41, 5.74) is 2.60. The van der Waals surface area contributed by atoms with Crippen LogP contribution in [0.5, 0.6) is 0 Å². The molecular formula is C17H27ClN2O. The van der Waals surface area contributed by atoms with Crippen LogP contribution in [0.15, 0.2) is 24.3 Å². The van der Waals surface area contributed by atoms with Crippen molar-refractivity contribution in [2.75, 3.05) is 19.6 Å². The van der Waals surface area contributed by atoms with Crippen LogP contribution in [0.4, 0.5) is 0 Å². The van der Waals surface area contributed by atoms with Gasteiger partial charge in [0.25, 0.3) is 0 Å². The van der Waals surface area contributed by atoms with E-state index in [1.54, 1.807) is 0 Å². The first-order chi connectivity index (χ1) is 9.65. The summed E-state index contributed by atoms with van der Waals surface area (Å²) in [7, 11) is 0. The summed E-state index contributed by atoms with van der Waals surface area (Å²) in [6.45, 7) is 8.86. The summed E-state index contributed by atoms with van der Waals surface area (Å²) < 4.78 is 0. The number of benzene rings is 1. The molecule has 1 aliphatic rings. The second-order valence-electron chi connectivity index (χ2n) is 5.73. The Bertz CT molecular complexity index is 443. The summed E-state index contributed by atoms with van der Waals surface area (Å²) in [6.07, 6.45) is 1.96. The lowest BCUT2D eigenvalue weighted by molar-refractivity contribution is -0.139. The van der Waals surface area contributed by atoms with Crippen molar-refractivity contribution < 1.29 is 4.79 Å². The van der Waals surface area contributed by atoms with Crippen LogP contribution in [0.3, 0.4) is 0 Å². The monoisotopic (exact) mass is 310 g/mol. The molecule has 118 valence electrons. The molecule has 1 unspecified atom stereocenters. The molecule has 2 rings (SSSR count). The Morgan fingerprint density at radius 3 is 2.33 bits per heavy atom. The quantitative estimate of drug-likeness (QED) is 0.876. The number of halogens is 1. The van der Waals surface area contributed by atoms with Crippen molar-refractivity contribution in [2.24, 2.45) is 5.92 Å². The zero-order chi connectivity index (χ0) is 14.5. The number of aryl methyl sites for hydroxylation is 1. The van der Waals surface area contributed by atoms with Crippen molar-refractivity contribution in [1.29, 1.82) is 0 Å². The molecule has 1 fully saturated rings. The SMILES string of the molecule is CCC(Cc1ccc(C)cc1)N(CC)C(=O)C1CNC1.Cl. The molecule has 0 bridgehead atoms. The van der Waals surface area contributed by atoms with E-state index in [0.29, 0.717) is 11.9 Å². The van der Waals surface area contributed by atoms with E-state index in [-0.39, 0.29) is 18.3 Å². The average Bonchev–Trinajstić information content (AvgIpc) is 2.38. The third-order valence-electron chi connectivity index (χ3n) is 4.26. The van der Waals surface area contributed by atoms with Crippen molar-refractivity contribution in [3.8, 4) is 0 Å². The molecule has 3 nitrogen and oxygen atoms in total. The number of nitrogens with zero attached hydrogens (tertiary/aromatic N) is 1. The van der Waals surface area contributed by atoms with Gasteiger partial charge < -0.3 is 10.2 Å². The van der Waals surface area contributed by atoms with Gasteiger partial charge in [-0.3, -0.25) is 4.79 Å². The van der Waals surface area contributed by atoms with Crippen LogP contribution in [0.2, 0.25) is 0 Å². The number of hydrogen-bond donors (Lipinski definition) is 1. The molecular weight excluding hydrogens is 284 g/mol. The fourth-order valence-corrected chi connectivity index (χ4v) is 2.76. The molecule has 0 aromatic heterocycles. The predicted octanol–water partition coefficient (Wildman–Crippen LogP) is 2.81. The summed E-state index contributed by atoms with van der Waals surface area (Å²) >= 11 is 0. The molecule has 1 atom stereocenters. The van der Waals surface area contributed by atoms with Gasteiger partial charge in [-0.05, 0) is 32.3 Å². The van der Waals surface area contributed by atoms with Gasteiger partial charge in [0.1, 0.15) is 0 Å². The lowest BCUT2D eigenvalue weighted by Gasteiger charge is -2.36. The van der Waals surface area contributed by atoms with Crippen LogP contribution in [-0.2, 0) is 11.2 Å². The number of amides is 1. The van der Waals surface area contributed by atoms with Crippen LogP contribution in [0.25, 0.3) is 0 Å². The minimum Gasteiger partial charge on any atom is -0.339 e. The van der Waals surface area contributed by atoms with Crippen LogP contribution in [-0.4, -0.2) is 36.5 Å². The molecule has 4 heteroatoms. The number of carbonyl (C=O) groups is 1. The summed E-state index contributed by atoms with van der Waals surface area (Å²) in [4.78, 5) is 14.6. The van der Waals surface area contributed by atoms with Gasteiger partial charge in [0, 0.05) is 25.7 Å². The highest BCUT2D eigenvalue weighted by molar-refractivity contribution is 5.85. The third-order valence-corrected chi connectivity index (χ3v) is 4.26. The van der Waals surface area contributed by atoms with E-state index in [4.69, 9.17) is 0 Å². The summed E-state index contributed by atoms with van der Waals surface area (Å²) in [6, 6.07) is 8.98. The van der Waals surface area contributed by atoms with Crippen molar-refractivity contribution in [3.05, 3.63) is 35.4 Å². The lowest BCUT2D eigenvalue weighted by atomic mass is 9.97. The summed E-state index contributed by atoms with van der Waals surface area (Å²) in [5, 5.41) is 3.19. The van der Waals surface area contributed by atoms with E-state index in [2.05, 4.69) is 55.3 Å². The zero-order valence-electron chi connectivity index (χ0n) is 13.3. The van der Waals surface area contributed by atoms with Gasteiger partial charge in [-0.2, -0.15) is 0 Å². The molecule has 1 N–H and O–H groups in total. The van der Waals surface area contributed by atoms with E-state index in [9.17, 15) is 4.79 Å². The van der Waals surface area contributed by atoms with E-state index >= 15 is 0 Å². The molecule has 1 aromatic carbocycles. The first kappa shape index (κ1) is 18.0. The Morgan fingerprint density at radius 1 is 1.29 bits per heavy atom. The highest BCUT2D eigenvalue weighted by Gasteiger charge is 2.31. The number of nitrogens with one attached hydrogen (secondary N) is 1. The van der Waals surface area contributed by atoms with Gasteiger partial charge in [-0.25, -0.2) is 0 Å². The second-order valence-corrected chi connectivity index (χ2v) is 5.73. The smallest absolute Gasteiger partial charge is 0.228 e. The fraction of sp³-hybridized carbons (Fsp3) is 0.588. The topological polar surface area (TPSA) is 32.3 Å². The van der Waals surface area contributed by atoms with Crippen molar-refractivity contribution >= 4 is 18.3 Å². The van der Waals surface area contributed by atoms with Gasteiger partial charge >= 0.3 is 0 Å². The van der Waals surface area contributed by atoms with Crippen LogP contribution < -0.4 is 5.32 Å². The van der Waals surface area contributed by atoms with Crippen LogP contribution in [0.1, 0.15) is 31.4 Å². The predicted molar refractivity (Wildman–Crippen MR) is 90.0 cm³/mol. The van der Waals surface area contributed by atoms with Gasteiger partial charge in [-0.15, -0.1) is 12.4 Å². The molecule has 1 aliphatic heterocycles. The molecule has 0 saturated carbocycles. The second kappa shape index (κ2) is 8.40. The minimum absolute atomic E-state index is 0. The van der Waals surface area contributed by atoms with Crippen molar-refractivity contribution in [1.82, 2.24) is 10.2 Å². The number of rotatable bonds is 6. The summed E-state index contributed by atoms with van der Waals surface area (Å²) in [5.74, 6) is 0.521. The van der Waals surface area contributed by atoms with Crippen molar-refractivity contribution in [2.45, 2.75) is 39.7 Å². The number of hydrogen-bond acceptors (Lipinski definition) is 2. The first-order valence-corrected chi connectivity index (χ1v) is 7.72. The van der Waals surface area contributed by atoms with Gasteiger partial charge in [0.05, 0.1) is 5.92 Å². The molecule has 0 spiro atoms. The number of likely N-dealkylation sites (N-methyl/N-ethyl adjacent to an activating group) is 1. The van der Waals surface area contributed by atoms with Gasteiger partial charge in [-0.1, -0.05) is 36.8 Å². The minimum atomic E-state index is 0. The van der Waals surface area contributed by atoms with Crippen LogP contribution >= 0.6 is 12.4 Å². The average molecular weight is 311 g/mol. The number of carbonyl (C=O) groups excluding carboxylic acids is 1. The molecule has 21 heavy (non-hydrogen) atoms. The molecule has 1 amide bonds. The van der Waals surface area contributed by atoms with Gasteiger partial charge in [0.2, 0.25) is 5.91 Å². The Kier molecular flexibility index (Phi) is 7.20. The standard InChI is InChI=1S/C17H26N2O.ClH/c1-4-16(10-14-8-6-13(3)7-9-14)19(5-2)17(20)15-11-18-12-15;/h6-9,15-16,18H,4-5,10-12H2,1-3H3;1H. The van der Waals surface area contributed by atoms with E-state index < -0.39 is 0 Å². The van der Waals surface area contributed by atoms with Gasteiger partial charge in [0.15, 0.2) is 0 Å². The Morgan fingerprint density at radius 2 is 1.90 bits per heavy atom. The Labute approximate surface area is 134 Å². The first-order valence-electron chi connectivity index (χ1n) is 7.72. The van der Waals surface area contributed by atoms with Crippen LogP contribution in [0, 0.1) is 12.8 Å². The van der Waals surface area contributed by atoms with Crippen molar-refractivity contribution in [3.63, 3.8) is 0 Å². The molecule has 1 heterocycles. The third kappa shape index (κ3) is 4.45. The maximum absolute atomic E-state index is 12.5. The Hall–Kier alpha value is -1.06. The van der Waals surface area contributed by atoms with E-state index in [0.717, 1.165) is 32.5 Å². The zero-order valence-corrected chi connectivity index (χ0v) is 14.1. The molecule has 0 aliphatic carbocycles. The maximum atomic E-state index is 12.5. The largest absolute Gasteiger partial charge is 0.339 e. The highest BCUT2D eigenvalue weighted by atomic mass is 35.5. The maximum Gasteiger partial charge on any atom is 0.228 e. The Balaban J connectivity index is 0.00000220. The normalized spacial score (nSPS) is 15.8. The molecule has 1 aromatic rings. The molecule has 0 radical (unpaired) electrons. The highest BCUT2D eigenvalue weighted by Crippen LogP contribution is 2.17. The lowest BCUT2D eigenvalue weighted by Crippen LogP contribution is -2.54. The van der Waals surface area contributed by atoms with E-state index in [1.165, 1.54) is 11.1 Å². The van der Waals surface area contributed by atoms with E-state index in [1.807, 2.05) is 0 Å².